The molecule has 1 aromatic rings. The number of nitrogens with zero attached hydrogens (tertiary/aromatic N) is 1. The highest BCUT2D eigenvalue weighted by Crippen LogP contribution is 2.46. The molecule has 2 nitrogen and oxygen atoms in total. The second kappa shape index (κ2) is 5.25. The van der Waals surface area contributed by atoms with Crippen molar-refractivity contribution in [2.75, 3.05) is 13.7 Å². The first-order valence-electron chi connectivity index (χ1n) is 6.89. The maximum atomic E-state index is 9.80. The Morgan fingerprint density at radius 3 is 2.74 bits per heavy atom. The van der Waals surface area contributed by atoms with Gasteiger partial charge < -0.3 is 10.0 Å². The molecule has 2 saturated heterocycles. The fourth-order valence-electron chi connectivity index (χ4n) is 3.95. The van der Waals surface area contributed by atoms with Crippen LogP contribution in [0.2, 0.25) is 10.0 Å². The molecule has 3 rings (SSSR count). The van der Waals surface area contributed by atoms with Crippen molar-refractivity contribution in [2.45, 2.75) is 37.3 Å². The van der Waals surface area contributed by atoms with Gasteiger partial charge >= 0.3 is 0 Å². The number of benzene rings is 1. The molecule has 1 unspecified atom stereocenters. The van der Waals surface area contributed by atoms with Crippen LogP contribution in [0, 0.1) is 5.92 Å². The molecule has 2 aliphatic rings. The first-order chi connectivity index (χ1) is 9.11. The Bertz CT molecular complexity index is 479. The largest absolute Gasteiger partial charge is 0.396 e. The molecule has 2 fully saturated rings. The third kappa shape index (κ3) is 2.29. The molecule has 1 N–H and O–H groups in total. The zero-order chi connectivity index (χ0) is 13.6. The van der Waals surface area contributed by atoms with Gasteiger partial charge in [0.05, 0.1) is 10.0 Å². The number of fused-ring (bicyclic) bond motifs is 2. The van der Waals surface area contributed by atoms with Gasteiger partial charge in [-0.3, -0.25) is 0 Å². The molecule has 1 aromatic carbocycles. The lowest BCUT2D eigenvalue weighted by Crippen LogP contribution is -2.47. The van der Waals surface area contributed by atoms with E-state index in [4.69, 9.17) is 23.2 Å². The van der Waals surface area contributed by atoms with E-state index in [-0.39, 0.29) is 6.61 Å². The summed E-state index contributed by atoms with van der Waals surface area (Å²) in [4.78, 5) is 2.45. The van der Waals surface area contributed by atoms with E-state index in [0.717, 1.165) is 6.42 Å². The molecular weight excluding hydrogens is 281 g/mol. The van der Waals surface area contributed by atoms with E-state index < -0.39 is 0 Å². The summed E-state index contributed by atoms with van der Waals surface area (Å²) in [6.45, 7) is 0.243. The highest BCUT2D eigenvalue weighted by molar-refractivity contribution is 6.42. The summed E-state index contributed by atoms with van der Waals surface area (Å²) >= 11 is 12.1. The van der Waals surface area contributed by atoms with Gasteiger partial charge in [-0.05, 0) is 49.9 Å². The molecule has 2 aliphatic heterocycles. The number of halogens is 2. The Balaban J connectivity index is 1.93. The second-order valence-electron chi connectivity index (χ2n) is 5.83. The molecule has 0 aromatic heterocycles. The predicted molar refractivity (Wildman–Crippen MR) is 79.0 cm³/mol. The van der Waals surface area contributed by atoms with E-state index in [9.17, 15) is 5.11 Å². The fourth-order valence-corrected chi connectivity index (χ4v) is 4.26. The second-order valence-corrected chi connectivity index (χ2v) is 6.64. The van der Waals surface area contributed by atoms with Crippen molar-refractivity contribution in [1.82, 2.24) is 4.90 Å². The molecule has 2 heterocycles. The van der Waals surface area contributed by atoms with Crippen molar-refractivity contribution in [1.29, 1.82) is 0 Å². The number of aliphatic hydroxyl groups is 1. The Morgan fingerprint density at radius 1 is 1.26 bits per heavy atom. The minimum Gasteiger partial charge on any atom is -0.396 e. The third-order valence-electron chi connectivity index (χ3n) is 5.01. The van der Waals surface area contributed by atoms with Gasteiger partial charge in [-0.25, -0.2) is 0 Å². The standard InChI is InChI=1S/C15H19Cl2NO/c1-18-10-3-5-15(18)12(8-19)11(7-10)9-2-4-13(16)14(17)6-9/h2,4,6,10-12,15,19H,3,5,7-8H2,1H3/t10?,11-,12-,15+/m1/s1. The summed E-state index contributed by atoms with van der Waals surface area (Å²) in [6.07, 6.45) is 3.55. The number of piperidine rings is 1. The first kappa shape index (κ1) is 13.7. The van der Waals surface area contributed by atoms with Crippen LogP contribution in [0.1, 0.15) is 30.7 Å². The van der Waals surface area contributed by atoms with E-state index in [1.54, 1.807) is 0 Å². The van der Waals surface area contributed by atoms with Crippen molar-refractivity contribution >= 4 is 23.2 Å². The summed E-state index contributed by atoms with van der Waals surface area (Å²) in [7, 11) is 2.19. The zero-order valence-electron chi connectivity index (χ0n) is 11.0. The van der Waals surface area contributed by atoms with Gasteiger partial charge in [0.15, 0.2) is 0 Å². The highest BCUT2D eigenvalue weighted by atomic mass is 35.5. The quantitative estimate of drug-likeness (QED) is 0.903. The average molecular weight is 300 g/mol. The molecule has 0 amide bonds. The van der Waals surface area contributed by atoms with Gasteiger partial charge in [0.2, 0.25) is 0 Å². The normalized spacial score (nSPS) is 34.7. The maximum Gasteiger partial charge on any atom is 0.0595 e. The van der Waals surface area contributed by atoms with Gasteiger partial charge in [0.1, 0.15) is 0 Å². The van der Waals surface area contributed by atoms with Crippen molar-refractivity contribution in [3.63, 3.8) is 0 Å². The van der Waals surface area contributed by atoms with Crippen molar-refractivity contribution in [3.05, 3.63) is 33.8 Å². The lowest BCUT2D eigenvalue weighted by Gasteiger charge is -2.42. The topological polar surface area (TPSA) is 23.5 Å². The minimum atomic E-state index is 0.243. The lowest BCUT2D eigenvalue weighted by molar-refractivity contribution is 0.0592. The Kier molecular flexibility index (Phi) is 3.78. The molecule has 0 saturated carbocycles. The van der Waals surface area contributed by atoms with Gasteiger partial charge in [-0.1, -0.05) is 29.3 Å². The van der Waals surface area contributed by atoms with Gasteiger partial charge in [-0.15, -0.1) is 0 Å². The van der Waals surface area contributed by atoms with Crippen LogP contribution in [-0.2, 0) is 0 Å². The van der Waals surface area contributed by atoms with Crippen molar-refractivity contribution in [3.8, 4) is 0 Å². The summed E-state index contributed by atoms with van der Waals surface area (Å²) in [5.74, 6) is 0.703. The Hall–Kier alpha value is -0.280. The third-order valence-corrected chi connectivity index (χ3v) is 5.75. The van der Waals surface area contributed by atoms with Crippen molar-refractivity contribution < 1.29 is 5.11 Å². The number of hydrogen-bond donors (Lipinski definition) is 1. The SMILES string of the molecule is CN1C2CC[C@H]1[C@H](CO)[C@@H](c1ccc(Cl)c(Cl)c1)C2. The minimum absolute atomic E-state index is 0.243. The van der Waals surface area contributed by atoms with E-state index >= 15 is 0 Å². The molecule has 104 valence electrons. The van der Waals surface area contributed by atoms with E-state index in [1.807, 2.05) is 12.1 Å². The lowest BCUT2D eigenvalue weighted by atomic mass is 9.76. The van der Waals surface area contributed by atoms with E-state index in [2.05, 4.69) is 18.0 Å². The summed E-state index contributed by atoms with van der Waals surface area (Å²) in [5, 5.41) is 11.0. The van der Waals surface area contributed by atoms with Crippen LogP contribution in [-0.4, -0.2) is 35.7 Å². The van der Waals surface area contributed by atoms with Crippen LogP contribution in [0.3, 0.4) is 0 Å². The maximum absolute atomic E-state index is 9.80. The van der Waals surface area contributed by atoms with Gasteiger partial charge in [0.25, 0.3) is 0 Å². The number of rotatable bonds is 2. The summed E-state index contributed by atoms with van der Waals surface area (Å²) < 4.78 is 0. The molecule has 0 spiro atoms. The monoisotopic (exact) mass is 299 g/mol. The number of hydrogen-bond acceptors (Lipinski definition) is 2. The van der Waals surface area contributed by atoms with Gasteiger partial charge in [0, 0.05) is 24.6 Å². The Morgan fingerprint density at radius 2 is 2.05 bits per heavy atom. The van der Waals surface area contributed by atoms with E-state index in [0.29, 0.717) is 34.0 Å². The molecule has 0 aliphatic carbocycles. The Labute approximate surface area is 124 Å². The highest BCUT2D eigenvalue weighted by Gasteiger charge is 2.45. The molecule has 0 radical (unpaired) electrons. The summed E-state index contributed by atoms with van der Waals surface area (Å²) in [5.41, 5.74) is 1.22. The first-order valence-corrected chi connectivity index (χ1v) is 7.65. The van der Waals surface area contributed by atoms with Crippen LogP contribution in [0.25, 0.3) is 0 Å². The number of aliphatic hydroxyl groups excluding tert-OH is 1. The predicted octanol–water partition coefficient (Wildman–Crippen LogP) is 3.55. The molecule has 19 heavy (non-hydrogen) atoms. The average Bonchev–Trinajstić information content (AvgIpc) is 2.65. The fraction of sp³-hybridized carbons (Fsp3) is 0.600. The summed E-state index contributed by atoms with van der Waals surface area (Å²) in [6, 6.07) is 7.05. The molecular formula is C15H19Cl2NO. The van der Waals surface area contributed by atoms with E-state index in [1.165, 1.54) is 18.4 Å². The molecule has 4 atom stereocenters. The smallest absolute Gasteiger partial charge is 0.0595 e. The van der Waals surface area contributed by atoms with Crippen LogP contribution in [0.5, 0.6) is 0 Å². The van der Waals surface area contributed by atoms with Crippen LogP contribution >= 0.6 is 23.2 Å². The molecule has 2 bridgehead atoms. The van der Waals surface area contributed by atoms with Gasteiger partial charge in [-0.2, -0.15) is 0 Å². The van der Waals surface area contributed by atoms with Crippen LogP contribution in [0.4, 0.5) is 0 Å². The van der Waals surface area contributed by atoms with Crippen LogP contribution in [0.15, 0.2) is 18.2 Å². The van der Waals surface area contributed by atoms with Crippen molar-refractivity contribution in [2.24, 2.45) is 5.92 Å². The molecule has 4 heteroatoms. The van der Waals surface area contributed by atoms with Crippen LogP contribution < -0.4 is 0 Å². The zero-order valence-corrected chi connectivity index (χ0v) is 12.5.